The second-order valence-corrected chi connectivity index (χ2v) is 7.63. The van der Waals surface area contributed by atoms with Gasteiger partial charge in [-0.15, -0.1) is 24.0 Å². The molecule has 0 bridgehead atoms. The number of hydrogen-bond donors (Lipinski definition) is 2. The molecule has 1 fully saturated rings. The average molecular weight is 486 g/mol. The molecule has 0 aromatic rings. The molecule has 1 rings (SSSR count). The van der Waals surface area contributed by atoms with Crippen LogP contribution < -0.4 is 10.6 Å². The standard InChI is InChI=1S/C13H25F3N4O2S.HI/c1-4-10(2)19-12(17-3)18-9-11-5-7-20(8-6-11)23(21,22)13(14,15)16;/h10-11H,4-9H2,1-3H3,(H2,17,18,19);1H. The van der Waals surface area contributed by atoms with Gasteiger partial charge in [0, 0.05) is 32.7 Å². The summed E-state index contributed by atoms with van der Waals surface area (Å²) in [5.74, 6) is 0.759. The number of guanidine groups is 1. The summed E-state index contributed by atoms with van der Waals surface area (Å²) >= 11 is 0. The van der Waals surface area contributed by atoms with Crippen molar-refractivity contribution >= 4 is 40.0 Å². The number of rotatable bonds is 5. The van der Waals surface area contributed by atoms with Crippen molar-refractivity contribution in [3.63, 3.8) is 0 Å². The van der Waals surface area contributed by atoms with E-state index < -0.39 is 15.5 Å². The lowest BCUT2D eigenvalue weighted by molar-refractivity contribution is -0.0496. The number of hydrogen-bond acceptors (Lipinski definition) is 3. The molecule has 1 unspecified atom stereocenters. The Hall–Kier alpha value is -0.300. The van der Waals surface area contributed by atoms with E-state index in [1.165, 1.54) is 0 Å². The van der Waals surface area contributed by atoms with Gasteiger partial charge in [0.1, 0.15) is 0 Å². The van der Waals surface area contributed by atoms with Gasteiger partial charge < -0.3 is 10.6 Å². The molecule has 0 radical (unpaired) electrons. The van der Waals surface area contributed by atoms with Crippen molar-refractivity contribution in [2.24, 2.45) is 10.9 Å². The zero-order valence-corrected chi connectivity index (χ0v) is 17.2. The second-order valence-electron chi connectivity index (χ2n) is 5.70. The molecule has 1 saturated heterocycles. The van der Waals surface area contributed by atoms with Crippen LogP contribution in [0.4, 0.5) is 13.2 Å². The topological polar surface area (TPSA) is 73.8 Å². The monoisotopic (exact) mass is 486 g/mol. The SMILES string of the molecule is CCC(C)NC(=NC)NCC1CCN(S(=O)(=O)C(F)(F)F)CC1.I. The first kappa shape index (κ1) is 23.7. The third-order valence-corrected chi connectivity index (χ3v) is 5.61. The molecule has 1 aliphatic rings. The first-order valence-corrected chi connectivity index (χ1v) is 9.09. The molecule has 0 saturated carbocycles. The molecule has 0 amide bonds. The van der Waals surface area contributed by atoms with Crippen molar-refractivity contribution in [2.45, 2.75) is 44.7 Å². The normalized spacial score (nSPS) is 19.5. The summed E-state index contributed by atoms with van der Waals surface area (Å²) in [6, 6.07) is 0.264. The van der Waals surface area contributed by atoms with Crippen LogP contribution in [0.25, 0.3) is 0 Å². The van der Waals surface area contributed by atoms with Gasteiger partial charge in [-0.2, -0.15) is 17.5 Å². The number of halogens is 4. The molecule has 0 aromatic heterocycles. The quantitative estimate of drug-likeness (QED) is 0.355. The number of alkyl halides is 3. The van der Waals surface area contributed by atoms with Gasteiger partial charge in [-0.3, -0.25) is 4.99 Å². The minimum atomic E-state index is -5.22. The van der Waals surface area contributed by atoms with Crippen molar-refractivity contribution in [2.75, 3.05) is 26.7 Å². The van der Waals surface area contributed by atoms with Crippen LogP contribution in [0.2, 0.25) is 0 Å². The van der Waals surface area contributed by atoms with E-state index >= 15 is 0 Å². The molecule has 2 N–H and O–H groups in total. The average Bonchev–Trinajstić information content (AvgIpc) is 2.50. The van der Waals surface area contributed by atoms with Gasteiger partial charge in [0.2, 0.25) is 0 Å². The molecule has 1 atom stereocenters. The summed E-state index contributed by atoms with van der Waals surface area (Å²) in [5.41, 5.74) is -5.22. The van der Waals surface area contributed by atoms with Crippen LogP contribution in [0.15, 0.2) is 4.99 Å². The molecule has 144 valence electrons. The van der Waals surface area contributed by atoms with E-state index in [1.54, 1.807) is 7.05 Å². The third-order valence-electron chi connectivity index (χ3n) is 3.98. The van der Waals surface area contributed by atoms with E-state index in [2.05, 4.69) is 15.6 Å². The van der Waals surface area contributed by atoms with E-state index in [0.717, 1.165) is 6.42 Å². The van der Waals surface area contributed by atoms with E-state index in [-0.39, 0.29) is 49.0 Å². The lowest BCUT2D eigenvalue weighted by Gasteiger charge is -2.32. The fourth-order valence-corrected chi connectivity index (χ4v) is 3.26. The highest BCUT2D eigenvalue weighted by molar-refractivity contribution is 14.0. The first-order valence-electron chi connectivity index (χ1n) is 7.65. The fraction of sp³-hybridized carbons (Fsp3) is 0.923. The lowest BCUT2D eigenvalue weighted by atomic mass is 9.98. The van der Waals surface area contributed by atoms with Crippen LogP contribution in [0, 0.1) is 5.92 Å². The Morgan fingerprint density at radius 3 is 2.29 bits per heavy atom. The maximum absolute atomic E-state index is 12.5. The van der Waals surface area contributed by atoms with E-state index in [9.17, 15) is 21.6 Å². The number of nitrogens with one attached hydrogen (secondary N) is 2. The molecule has 6 nitrogen and oxygen atoms in total. The Labute approximate surface area is 158 Å². The summed E-state index contributed by atoms with van der Waals surface area (Å²) in [6.07, 6.45) is 1.72. The summed E-state index contributed by atoms with van der Waals surface area (Å²) in [6.45, 7) is 4.41. The molecule has 24 heavy (non-hydrogen) atoms. The second kappa shape index (κ2) is 10.00. The third kappa shape index (κ3) is 6.54. The van der Waals surface area contributed by atoms with Gasteiger partial charge in [0.15, 0.2) is 5.96 Å². The highest BCUT2D eigenvalue weighted by Crippen LogP contribution is 2.30. The van der Waals surface area contributed by atoms with Gasteiger partial charge in [-0.25, -0.2) is 8.42 Å². The molecule has 0 spiro atoms. The maximum atomic E-state index is 12.5. The fourth-order valence-electron chi connectivity index (χ4n) is 2.27. The van der Waals surface area contributed by atoms with E-state index in [4.69, 9.17) is 0 Å². The van der Waals surface area contributed by atoms with Gasteiger partial charge in [-0.05, 0) is 32.1 Å². The largest absolute Gasteiger partial charge is 0.511 e. The molecule has 0 aliphatic carbocycles. The van der Waals surface area contributed by atoms with Crippen LogP contribution in [-0.4, -0.2) is 56.9 Å². The van der Waals surface area contributed by atoms with Crippen molar-refractivity contribution < 1.29 is 21.6 Å². The highest BCUT2D eigenvalue weighted by Gasteiger charge is 2.50. The molecular formula is C13H26F3IN4O2S. The maximum Gasteiger partial charge on any atom is 0.511 e. The van der Waals surface area contributed by atoms with Crippen molar-refractivity contribution in [3.8, 4) is 0 Å². The Morgan fingerprint density at radius 2 is 1.88 bits per heavy atom. The Balaban J connectivity index is 0.00000529. The Bertz CT molecular complexity index is 506. The zero-order valence-electron chi connectivity index (χ0n) is 14.1. The smallest absolute Gasteiger partial charge is 0.356 e. The first-order chi connectivity index (χ1) is 10.6. The zero-order chi connectivity index (χ0) is 17.7. The van der Waals surface area contributed by atoms with E-state index in [1.807, 2.05) is 13.8 Å². The summed E-state index contributed by atoms with van der Waals surface area (Å²) in [7, 11) is -3.55. The van der Waals surface area contributed by atoms with Crippen molar-refractivity contribution in [1.82, 2.24) is 14.9 Å². The molecule has 1 aliphatic heterocycles. The van der Waals surface area contributed by atoms with Crippen LogP contribution in [0.1, 0.15) is 33.1 Å². The Morgan fingerprint density at radius 1 is 1.33 bits per heavy atom. The highest BCUT2D eigenvalue weighted by atomic mass is 127. The molecule has 1 heterocycles. The number of nitrogens with zero attached hydrogens (tertiary/aromatic N) is 2. The minimum Gasteiger partial charge on any atom is -0.356 e. The minimum absolute atomic E-state index is 0. The Kier molecular flexibility index (Phi) is 9.87. The van der Waals surface area contributed by atoms with Crippen LogP contribution >= 0.6 is 24.0 Å². The molecule has 0 aromatic carbocycles. The van der Waals surface area contributed by atoms with Crippen molar-refractivity contribution in [1.29, 1.82) is 0 Å². The van der Waals surface area contributed by atoms with Crippen LogP contribution in [0.3, 0.4) is 0 Å². The van der Waals surface area contributed by atoms with Crippen LogP contribution in [-0.2, 0) is 10.0 Å². The number of sulfonamides is 1. The summed E-state index contributed by atoms with van der Waals surface area (Å²) < 4.78 is 60.7. The van der Waals surface area contributed by atoms with Crippen LogP contribution in [0.5, 0.6) is 0 Å². The van der Waals surface area contributed by atoms with Gasteiger partial charge in [0.25, 0.3) is 0 Å². The van der Waals surface area contributed by atoms with Crippen molar-refractivity contribution in [3.05, 3.63) is 0 Å². The molecule has 11 heteroatoms. The number of piperidine rings is 1. The van der Waals surface area contributed by atoms with E-state index in [0.29, 0.717) is 29.7 Å². The van der Waals surface area contributed by atoms with Gasteiger partial charge >= 0.3 is 15.5 Å². The summed E-state index contributed by atoms with van der Waals surface area (Å²) in [4.78, 5) is 4.09. The predicted molar refractivity (Wildman–Crippen MR) is 98.9 cm³/mol. The van der Waals surface area contributed by atoms with Gasteiger partial charge in [-0.1, -0.05) is 6.92 Å². The number of aliphatic imine (C=N–C) groups is 1. The molecular weight excluding hydrogens is 460 g/mol. The predicted octanol–water partition coefficient (Wildman–Crippen LogP) is 2.13. The lowest BCUT2D eigenvalue weighted by Crippen LogP contribution is -2.48. The summed E-state index contributed by atoms with van der Waals surface area (Å²) in [5, 5.41) is 6.33. The van der Waals surface area contributed by atoms with Gasteiger partial charge in [0.05, 0.1) is 0 Å².